The highest BCUT2D eigenvalue weighted by atomic mass is 32.2. The summed E-state index contributed by atoms with van der Waals surface area (Å²) in [6.07, 6.45) is 3.44. The molecule has 1 N–H and O–H groups in total. The zero-order valence-corrected chi connectivity index (χ0v) is 8.87. The van der Waals surface area contributed by atoms with Crippen LogP contribution in [0.5, 0.6) is 0 Å². The van der Waals surface area contributed by atoms with Crippen molar-refractivity contribution in [2.24, 2.45) is 0 Å². The molecule has 0 aromatic rings. The SMILES string of the molecule is CS(C)(=O)=O.O=C1CCCC(=O)N1O. The van der Waals surface area contributed by atoms with Crippen molar-refractivity contribution in [3.63, 3.8) is 0 Å². The van der Waals surface area contributed by atoms with Gasteiger partial charge in [-0.2, -0.15) is 5.06 Å². The molecule has 0 aliphatic carbocycles. The first-order chi connectivity index (χ1) is 6.22. The van der Waals surface area contributed by atoms with E-state index in [1.807, 2.05) is 0 Å². The highest BCUT2D eigenvalue weighted by Crippen LogP contribution is 2.08. The lowest BCUT2D eigenvalue weighted by Crippen LogP contribution is -2.36. The number of imide groups is 1. The minimum atomic E-state index is -2.67. The second-order valence-electron chi connectivity index (χ2n) is 3.10. The Bertz CT molecular complexity index is 297. The molecule has 1 aliphatic heterocycles. The molecule has 1 saturated heterocycles. The first-order valence-corrected chi connectivity index (χ1v) is 6.21. The van der Waals surface area contributed by atoms with E-state index in [-0.39, 0.29) is 17.9 Å². The van der Waals surface area contributed by atoms with E-state index < -0.39 is 21.7 Å². The molecule has 1 aliphatic rings. The number of piperidine rings is 1. The van der Waals surface area contributed by atoms with Gasteiger partial charge >= 0.3 is 0 Å². The van der Waals surface area contributed by atoms with Crippen molar-refractivity contribution in [2.45, 2.75) is 19.3 Å². The van der Waals surface area contributed by atoms with Gasteiger partial charge in [-0.05, 0) is 6.42 Å². The highest BCUT2D eigenvalue weighted by molar-refractivity contribution is 7.89. The van der Waals surface area contributed by atoms with Gasteiger partial charge < -0.3 is 0 Å². The minimum absolute atomic E-state index is 0.198. The maximum absolute atomic E-state index is 10.5. The zero-order chi connectivity index (χ0) is 11.4. The summed E-state index contributed by atoms with van der Waals surface area (Å²) in [5.41, 5.74) is 0. The van der Waals surface area contributed by atoms with E-state index in [1.165, 1.54) is 0 Å². The molecule has 1 heterocycles. The van der Waals surface area contributed by atoms with Crippen LogP contribution < -0.4 is 0 Å². The molecule has 0 radical (unpaired) electrons. The van der Waals surface area contributed by atoms with Crippen LogP contribution in [0.1, 0.15) is 19.3 Å². The summed E-state index contributed by atoms with van der Waals surface area (Å²) < 4.78 is 19.3. The van der Waals surface area contributed by atoms with Crippen molar-refractivity contribution in [3.05, 3.63) is 0 Å². The zero-order valence-electron chi connectivity index (χ0n) is 8.06. The third kappa shape index (κ3) is 6.55. The molecule has 0 aromatic heterocycles. The van der Waals surface area contributed by atoms with Gasteiger partial charge in [0.15, 0.2) is 0 Å². The van der Waals surface area contributed by atoms with Crippen molar-refractivity contribution in [1.82, 2.24) is 5.06 Å². The average Bonchev–Trinajstić information content (AvgIpc) is 1.97. The molecule has 0 bridgehead atoms. The molecule has 0 unspecified atom stereocenters. The molecule has 0 spiro atoms. The fourth-order valence-electron chi connectivity index (χ4n) is 0.742. The largest absolute Gasteiger partial charge is 0.279 e. The normalized spacial score (nSPS) is 17.5. The lowest BCUT2D eigenvalue weighted by atomic mass is 10.1. The molecule has 0 saturated carbocycles. The van der Waals surface area contributed by atoms with E-state index in [9.17, 15) is 18.0 Å². The number of nitrogens with zero attached hydrogens (tertiary/aromatic N) is 1. The Morgan fingerprint density at radius 1 is 1.14 bits per heavy atom. The molecule has 6 nitrogen and oxygen atoms in total. The Morgan fingerprint density at radius 3 is 1.64 bits per heavy atom. The molecular formula is C7H13NO5S. The van der Waals surface area contributed by atoms with Gasteiger partial charge in [0, 0.05) is 25.4 Å². The monoisotopic (exact) mass is 223 g/mol. The topological polar surface area (TPSA) is 91.8 Å². The van der Waals surface area contributed by atoms with Crippen molar-refractivity contribution in [1.29, 1.82) is 0 Å². The molecule has 14 heavy (non-hydrogen) atoms. The number of hydrogen-bond acceptors (Lipinski definition) is 5. The van der Waals surface area contributed by atoms with E-state index >= 15 is 0 Å². The van der Waals surface area contributed by atoms with Gasteiger partial charge in [0.25, 0.3) is 11.8 Å². The Labute approximate surface area is 82.4 Å². The summed E-state index contributed by atoms with van der Waals surface area (Å²) >= 11 is 0. The van der Waals surface area contributed by atoms with Gasteiger partial charge in [-0.25, -0.2) is 8.42 Å². The first kappa shape index (κ1) is 13.1. The van der Waals surface area contributed by atoms with E-state index in [2.05, 4.69) is 0 Å². The molecule has 0 atom stereocenters. The van der Waals surface area contributed by atoms with Crippen molar-refractivity contribution < 1.29 is 23.2 Å². The standard InChI is InChI=1S/C5H7NO3.C2H6O2S/c7-4-2-1-3-5(8)6(4)9;1-5(2,3)4/h9H,1-3H2;1-2H3. The van der Waals surface area contributed by atoms with E-state index in [0.29, 0.717) is 6.42 Å². The van der Waals surface area contributed by atoms with Gasteiger partial charge in [-0.15, -0.1) is 0 Å². The van der Waals surface area contributed by atoms with E-state index in [1.54, 1.807) is 0 Å². The van der Waals surface area contributed by atoms with Crippen LogP contribution in [0, 0.1) is 0 Å². The molecular weight excluding hydrogens is 210 g/mol. The van der Waals surface area contributed by atoms with Crippen LogP contribution in [0.25, 0.3) is 0 Å². The maximum atomic E-state index is 10.5. The van der Waals surface area contributed by atoms with E-state index in [0.717, 1.165) is 12.5 Å². The molecule has 0 aromatic carbocycles. The van der Waals surface area contributed by atoms with Gasteiger partial charge in [-0.1, -0.05) is 0 Å². The van der Waals surface area contributed by atoms with Gasteiger partial charge in [0.05, 0.1) is 0 Å². The quantitative estimate of drug-likeness (QED) is 0.444. The van der Waals surface area contributed by atoms with Crippen molar-refractivity contribution >= 4 is 21.7 Å². The van der Waals surface area contributed by atoms with E-state index in [4.69, 9.17) is 5.21 Å². The molecule has 1 rings (SSSR count). The summed E-state index contributed by atoms with van der Waals surface area (Å²) in [7, 11) is -2.67. The summed E-state index contributed by atoms with van der Waals surface area (Å²) in [5.74, 6) is -0.988. The van der Waals surface area contributed by atoms with Crippen LogP contribution in [0.3, 0.4) is 0 Å². The van der Waals surface area contributed by atoms with Gasteiger partial charge in [0.2, 0.25) is 0 Å². The Balaban J connectivity index is 0.000000292. The van der Waals surface area contributed by atoms with Crippen LogP contribution in [0.4, 0.5) is 0 Å². The fraction of sp³-hybridized carbons (Fsp3) is 0.714. The minimum Gasteiger partial charge on any atom is -0.279 e. The second kappa shape index (κ2) is 5.06. The third-order valence-corrected chi connectivity index (χ3v) is 1.25. The molecule has 2 amide bonds. The van der Waals surface area contributed by atoms with Crippen LogP contribution in [-0.2, 0) is 19.4 Å². The Kier molecular flexibility index (Phi) is 4.72. The number of rotatable bonds is 0. The number of hydrogen-bond donors (Lipinski definition) is 1. The predicted molar refractivity (Wildman–Crippen MR) is 48.3 cm³/mol. The van der Waals surface area contributed by atoms with Crippen LogP contribution in [-0.4, -0.2) is 43.0 Å². The lowest BCUT2D eigenvalue weighted by Gasteiger charge is -2.16. The van der Waals surface area contributed by atoms with Gasteiger partial charge in [-0.3, -0.25) is 14.8 Å². The Hall–Kier alpha value is -0.950. The van der Waals surface area contributed by atoms with Crippen LogP contribution >= 0.6 is 0 Å². The molecule has 1 fully saturated rings. The number of hydroxylamine groups is 2. The number of carbonyl (C=O) groups excluding carboxylic acids is 2. The number of sulfone groups is 1. The number of carbonyl (C=O) groups is 2. The number of amides is 2. The maximum Gasteiger partial charge on any atom is 0.253 e. The summed E-state index contributed by atoms with van der Waals surface area (Å²) in [6, 6.07) is 0. The smallest absolute Gasteiger partial charge is 0.253 e. The van der Waals surface area contributed by atoms with Crippen molar-refractivity contribution in [3.8, 4) is 0 Å². The molecule has 82 valence electrons. The third-order valence-electron chi connectivity index (χ3n) is 1.25. The average molecular weight is 223 g/mol. The highest BCUT2D eigenvalue weighted by Gasteiger charge is 2.23. The lowest BCUT2D eigenvalue weighted by molar-refractivity contribution is -0.182. The van der Waals surface area contributed by atoms with Crippen molar-refractivity contribution in [2.75, 3.05) is 12.5 Å². The predicted octanol–water partition coefficient (Wildman–Crippen LogP) is -0.425. The summed E-state index contributed by atoms with van der Waals surface area (Å²) in [4.78, 5) is 20.9. The van der Waals surface area contributed by atoms with Gasteiger partial charge in [0.1, 0.15) is 9.84 Å². The van der Waals surface area contributed by atoms with Crippen LogP contribution in [0.2, 0.25) is 0 Å². The summed E-state index contributed by atoms with van der Waals surface area (Å²) in [6.45, 7) is 0. The van der Waals surface area contributed by atoms with Crippen LogP contribution in [0.15, 0.2) is 0 Å². The second-order valence-corrected chi connectivity index (χ2v) is 5.38. The fourth-order valence-corrected chi connectivity index (χ4v) is 0.742. The summed E-state index contributed by atoms with van der Waals surface area (Å²) in [5, 5.41) is 8.78. The first-order valence-electron chi connectivity index (χ1n) is 3.91. The molecule has 7 heteroatoms. The Morgan fingerprint density at radius 2 is 1.43 bits per heavy atom.